The second kappa shape index (κ2) is 12.8. The Kier molecular flexibility index (Phi) is 8.98. The van der Waals surface area contributed by atoms with Crippen molar-refractivity contribution in [3.05, 3.63) is 89.5 Å². The van der Waals surface area contributed by atoms with Crippen molar-refractivity contribution in [2.45, 2.75) is 50.6 Å². The number of ether oxygens (including phenoxy) is 1. The van der Waals surface area contributed by atoms with Crippen LogP contribution in [0.15, 0.2) is 72.8 Å². The number of nitrogens with one attached hydrogen (secondary N) is 3. The van der Waals surface area contributed by atoms with Gasteiger partial charge in [0.1, 0.15) is 17.5 Å². The highest BCUT2D eigenvalue weighted by atomic mass is 16.5. The van der Waals surface area contributed by atoms with Gasteiger partial charge in [-0.1, -0.05) is 43.5 Å². The Morgan fingerprint density at radius 1 is 0.895 bits per heavy atom. The Labute approximate surface area is 222 Å². The van der Waals surface area contributed by atoms with E-state index in [0.717, 1.165) is 31.2 Å². The maximum atomic E-state index is 13.4. The van der Waals surface area contributed by atoms with Crippen LogP contribution in [0.3, 0.4) is 0 Å². The second-order valence-corrected chi connectivity index (χ2v) is 9.47. The smallest absolute Gasteiger partial charge is 0.255 e. The molecule has 0 heterocycles. The van der Waals surface area contributed by atoms with Gasteiger partial charge in [-0.05, 0) is 66.9 Å². The fourth-order valence-electron chi connectivity index (χ4n) is 4.59. The standard InChI is InChI=1S/C30H33N3O5/c1-38-24-17-13-21(14-18-24)28(35)32-26-10-6-5-9-25(26)29(36)33-27(19-20-11-15-23(34)16-12-20)30(37)31-22-7-3-2-4-8-22/h5-6,9-18,22,27,34H,2-4,7-8,19H2,1H3,(H,31,37)(H,32,35)(H,33,36). The van der Waals surface area contributed by atoms with Crippen molar-refractivity contribution < 1.29 is 24.2 Å². The van der Waals surface area contributed by atoms with Crippen LogP contribution in [0.4, 0.5) is 5.69 Å². The highest BCUT2D eigenvalue weighted by Crippen LogP contribution is 2.20. The molecular formula is C30H33N3O5. The molecule has 198 valence electrons. The van der Waals surface area contributed by atoms with Crippen molar-refractivity contribution in [1.29, 1.82) is 0 Å². The quantitative estimate of drug-likeness (QED) is 0.336. The first-order valence-electron chi connectivity index (χ1n) is 12.9. The number of anilines is 1. The summed E-state index contributed by atoms with van der Waals surface area (Å²) in [5.74, 6) is -0.338. The highest BCUT2D eigenvalue weighted by Gasteiger charge is 2.26. The molecule has 1 saturated carbocycles. The molecule has 1 aliphatic rings. The van der Waals surface area contributed by atoms with E-state index in [0.29, 0.717) is 17.0 Å². The number of carbonyl (C=O) groups is 3. The summed E-state index contributed by atoms with van der Waals surface area (Å²) in [6.07, 6.45) is 5.41. The molecule has 0 radical (unpaired) electrons. The van der Waals surface area contributed by atoms with Crippen molar-refractivity contribution in [3.8, 4) is 11.5 Å². The largest absolute Gasteiger partial charge is 0.508 e. The fraction of sp³-hybridized carbons (Fsp3) is 0.300. The van der Waals surface area contributed by atoms with E-state index in [-0.39, 0.29) is 35.6 Å². The third-order valence-corrected chi connectivity index (χ3v) is 6.72. The lowest BCUT2D eigenvalue weighted by Crippen LogP contribution is -2.51. The number of phenolic OH excluding ortho intramolecular Hbond substituents is 1. The van der Waals surface area contributed by atoms with Crippen LogP contribution in [0.25, 0.3) is 0 Å². The summed E-state index contributed by atoms with van der Waals surface area (Å²) in [5, 5.41) is 18.4. The van der Waals surface area contributed by atoms with Gasteiger partial charge in [-0.25, -0.2) is 0 Å². The van der Waals surface area contributed by atoms with Crippen LogP contribution < -0.4 is 20.7 Å². The van der Waals surface area contributed by atoms with Crippen LogP contribution >= 0.6 is 0 Å². The Hall–Kier alpha value is -4.33. The zero-order chi connectivity index (χ0) is 26.9. The number of methoxy groups -OCH3 is 1. The highest BCUT2D eigenvalue weighted by molar-refractivity contribution is 6.09. The SMILES string of the molecule is COc1ccc(C(=O)Nc2ccccc2C(=O)NC(Cc2ccc(O)cc2)C(=O)NC2CCCCC2)cc1. The zero-order valence-electron chi connectivity index (χ0n) is 21.4. The van der Waals surface area contributed by atoms with E-state index in [1.807, 2.05) is 0 Å². The molecule has 1 fully saturated rings. The lowest BCUT2D eigenvalue weighted by atomic mass is 9.95. The summed E-state index contributed by atoms with van der Waals surface area (Å²) in [4.78, 5) is 39.6. The maximum Gasteiger partial charge on any atom is 0.255 e. The van der Waals surface area contributed by atoms with Gasteiger partial charge in [0.15, 0.2) is 0 Å². The fourth-order valence-corrected chi connectivity index (χ4v) is 4.59. The average Bonchev–Trinajstić information content (AvgIpc) is 2.94. The summed E-state index contributed by atoms with van der Waals surface area (Å²) in [6, 6.07) is 19.2. The number of hydrogen-bond acceptors (Lipinski definition) is 5. The van der Waals surface area contributed by atoms with E-state index >= 15 is 0 Å². The first-order chi connectivity index (χ1) is 18.4. The van der Waals surface area contributed by atoms with Gasteiger partial charge in [-0.15, -0.1) is 0 Å². The monoisotopic (exact) mass is 515 g/mol. The van der Waals surface area contributed by atoms with Crippen molar-refractivity contribution >= 4 is 23.4 Å². The van der Waals surface area contributed by atoms with E-state index in [9.17, 15) is 19.5 Å². The molecule has 38 heavy (non-hydrogen) atoms. The molecule has 1 atom stereocenters. The lowest BCUT2D eigenvalue weighted by molar-refractivity contribution is -0.123. The predicted octanol–water partition coefficient (Wildman–Crippen LogP) is 4.44. The number of aromatic hydroxyl groups is 1. The minimum Gasteiger partial charge on any atom is -0.508 e. The number of amides is 3. The summed E-state index contributed by atoms with van der Waals surface area (Å²) in [6.45, 7) is 0. The predicted molar refractivity (Wildman–Crippen MR) is 145 cm³/mol. The van der Waals surface area contributed by atoms with Crippen molar-refractivity contribution in [1.82, 2.24) is 10.6 Å². The van der Waals surface area contributed by atoms with Crippen LogP contribution in [0.2, 0.25) is 0 Å². The van der Waals surface area contributed by atoms with Crippen molar-refractivity contribution in [2.75, 3.05) is 12.4 Å². The van der Waals surface area contributed by atoms with Crippen LogP contribution in [0, 0.1) is 0 Å². The Balaban J connectivity index is 1.51. The van der Waals surface area contributed by atoms with Gasteiger partial charge in [-0.3, -0.25) is 14.4 Å². The molecule has 3 aromatic rings. The lowest BCUT2D eigenvalue weighted by Gasteiger charge is -2.26. The van der Waals surface area contributed by atoms with E-state index in [1.54, 1.807) is 79.9 Å². The molecule has 4 rings (SSSR count). The summed E-state index contributed by atoms with van der Waals surface area (Å²) < 4.78 is 5.14. The molecule has 1 aliphatic carbocycles. The number of hydrogen-bond donors (Lipinski definition) is 4. The topological polar surface area (TPSA) is 117 Å². The number of benzene rings is 3. The molecular weight excluding hydrogens is 482 g/mol. The number of para-hydroxylation sites is 1. The van der Waals surface area contributed by atoms with Gasteiger partial charge in [-0.2, -0.15) is 0 Å². The van der Waals surface area contributed by atoms with Crippen LogP contribution in [0.5, 0.6) is 11.5 Å². The Bertz CT molecular complexity index is 1250. The maximum absolute atomic E-state index is 13.4. The summed E-state index contributed by atoms with van der Waals surface area (Å²) in [7, 11) is 1.55. The molecule has 1 unspecified atom stereocenters. The number of phenols is 1. The Morgan fingerprint density at radius 2 is 1.58 bits per heavy atom. The molecule has 0 bridgehead atoms. The van der Waals surface area contributed by atoms with Crippen LogP contribution in [0.1, 0.15) is 58.4 Å². The first kappa shape index (κ1) is 26.7. The van der Waals surface area contributed by atoms with E-state index in [2.05, 4.69) is 16.0 Å². The summed E-state index contributed by atoms with van der Waals surface area (Å²) >= 11 is 0. The average molecular weight is 516 g/mol. The third kappa shape index (κ3) is 7.12. The van der Waals surface area contributed by atoms with E-state index < -0.39 is 11.9 Å². The minimum atomic E-state index is -0.834. The van der Waals surface area contributed by atoms with Crippen LogP contribution in [-0.2, 0) is 11.2 Å². The van der Waals surface area contributed by atoms with Gasteiger partial charge in [0.05, 0.1) is 18.4 Å². The minimum absolute atomic E-state index is 0.0894. The molecule has 0 aromatic heterocycles. The van der Waals surface area contributed by atoms with Crippen molar-refractivity contribution in [3.63, 3.8) is 0 Å². The van der Waals surface area contributed by atoms with E-state index in [4.69, 9.17) is 4.74 Å². The van der Waals surface area contributed by atoms with Gasteiger partial charge < -0.3 is 25.8 Å². The van der Waals surface area contributed by atoms with Gasteiger partial charge in [0, 0.05) is 18.0 Å². The van der Waals surface area contributed by atoms with Crippen molar-refractivity contribution in [2.24, 2.45) is 0 Å². The van der Waals surface area contributed by atoms with Gasteiger partial charge >= 0.3 is 0 Å². The molecule has 8 heteroatoms. The van der Waals surface area contributed by atoms with E-state index in [1.165, 1.54) is 6.42 Å². The Morgan fingerprint density at radius 3 is 2.26 bits per heavy atom. The molecule has 0 spiro atoms. The second-order valence-electron chi connectivity index (χ2n) is 9.47. The molecule has 0 aliphatic heterocycles. The summed E-state index contributed by atoms with van der Waals surface area (Å²) in [5.41, 5.74) is 1.79. The first-order valence-corrected chi connectivity index (χ1v) is 12.9. The number of carbonyl (C=O) groups excluding carboxylic acids is 3. The van der Waals surface area contributed by atoms with Gasteiger partial charge in [0.25, 0.3) is 11.8 Å². The molecule has 8 nitrogen and oxygen atoms in total. The normalized spacial score (nSPS) is 14.2. The third-order valence-electron chi connectivity index (χ3n) is 6.72. The molecule has 3 aromatic carbocycles. The van der Waals surface area contributed by atoms with Gasteiger partial charge in [0.2, 0.25) is 5.91 Å². The molecule has 3 amide bonds. The van der Waals surface area contributed by atoms with Crippen LogP contribution in [-0.4, -0.2) is 42.0 Å². The number of rotatable bonds is 9. The molecule has 0 saturated heterocycles. The zero-order valence-corrected chi connectivity index (χ0v) is 21.4. The molecule has 4 N–H and O–H groups in total.